The zero-order valence-electron chi connectivity index (χ0n) is 17.4. The third kappa shape index (κ3) is 3.34. The molecule has 1 amide bonds. The van der Waals surface area contributed by atoms with Crippen molar-refractivity contribution < 1.29 is 9.90 Å². The Bertz CT molecular complexity index is 1000. The van der Waals surface area contributed by atoms with Gasteiger partial charge in [0.25, 0.3) is 5.91 Å². The molecule has 2 aliphatic rings. The number of nitrogens with zero attached hydrogens (tertiary/aromatic N) is 3. The Kier molecular flexibility index (Phi) is 4.97. The number of amides is 1. The second-order valence-corrected chi connectivity index (χ2v) is 8.79. The average molecular weight is 396 g/mol. The predicted molar refractivity (Wildman–Crippen MR) is 111 cm³/mol. The highest BCUT2D eigenvalue weighted by Gasteiger charge is 2.38. The molecule has 0 saturated heterocycles. The Hall–Kier alpha value is -2.63. The summed E-state index contributed by atoms with van der Waals surface area (Å²) in [6.45, 7) is 4.59. The van der Waals surface area contributed by atoms with Crippen molar-refractivity contribution in [2.45, 2.75) is 70.4 Å². The van der Waals surface area contributed by atoms with E-state index in [2.05, 4.69) is 36.2 Å². The van der Waals surface area contributed by atoms with Gasteiger partial charge in [-0.25, -0.2) is 0 Å². The van der Waals surface area contributed by atoms with E-state index in [-0.39, 0.29) is 23.1 Å². The van der Waals surface area contributed by atoms with Crippen LogP contribution < -0.4 is 5.56 Å². The summed E-state index contributed by atoms with van der Waals surface area (Å²) in [6, 6.07) is 8.58. The molecule has 1 N–H and O–H groups in total. The first-order valence-electron chi connectivity index (χ1n) is 10.5. The number of carbonyl (C=O) groups is 1. The second kappa shape index (κ2) is 7.32. The molecular formula is C23H29N3O3. The number of hydrogen-bond acceptors (Lipinski definition) is 4. The highest BCUT2D eigenvalue weighted by Crippen LogP contribution is 2.42. The normalized spacial score (nSPS) is 21.1. The summed E-state index contributed by atoms with van der Waals surface area (Å²) < 4.78 is 1.79. The minimum absolute atomic E-state index is 0.0290. The van der Waals surface area contributed by atoms with Gasteiger partial charge < -0.3 is 14.6 Å². The van der Waals surface area contributed by atoms with Crippen molar-refractivity contribution in [2.24, 2.45) is 0 Å². The van der Waals surface area contributed by atoms with Crippen LogP contribution in [0.1, 0.15) is 66.5 Å². The molecule has 2 heterocycles. The van der Waals surface area contributed by atoms with E-state index in [9.17, 15) is 14.7 Å². The molecule has 1 aliphatic heterocycles. The Labute approximate surface area is 171 Å². The lowest BCUT2D eigenvalue weighted by molar-refractivity contribution is 0.0660. The first-order chi connectivity index (χ1) is 13.8. The van der Waals surface area contributed by atoms with Gasteiger partial charge in [-0.15, -0.1) is 0 Å². The number of hydrogen-bond donors (Lipinski definition) is 1. The first-order valence-corrected chi connectivity index (χ1v) is 10.5. The summed E-state index contributed by atoms with van der Waals surface area (Å²) in [5, 5.41) is 10.3. The minimum Gasteiger partial charge on any atom is -0.501 e. The van der Waals surface area contributed by atoms with Crippen LogP contribution in [0.25, 0.3) is 0 Å². The summed E-state index contributed by atoms with van der Waals surface area (Å²) >= 11 is 0. The van der Waals surface area contributed by atoms with Crippen LogP contribution in [0.4, 0.5) is 0 Å². The average Bonchev–Trinajstić information content (AvgIpc) is 2.70. The second-order valence-electron chi connectivity index (χ2n) is 8.79. The number of likely N-dealkylation sites (N-methyl/N-ethyl adjacent to an activating group) is 1. The minimum atomic E-state index is -0.710. The maximum absolute atomic E-state index is 12.8. The number of fused-ring (bicyclic) bond motifs is 1. The molecule has 0 bridgehead atoms. The van der Waals surface area contributed by atoms with Gasteiger partial charge in [-0.1, -0.05) is 49.1 Å². The highest BCUT2D eigenvalue weighted by atomic mass is 16.3. The monoisotopic (exact) mass is 395 g/mol. The van der Waals surface area contributed by atoms with Crippen LogP contribution in [0.15, 0.2) is 29.1 Å². The largest absolute Gasteiger partial charge is 0.501 e. The molecular weight excluding hydrogens is 366 g/mol. The van der Waals surface area contributed by atoms with Crippen molar-refractivity contribution in [1.29, 1.82) is 0 Å². The van der Waals surface area contributed by atoms with Crippen LogP contribution in [0.3, 0.4) is 0 Å². The van der Waals surface area contributed by atoms with Crippen LogP contribution in [-0.4, -0.2) is 38.6 Å². The molecule has 1 aromatic heterocycles. The van der Waals surface area contributed by atoms with Crippen LogP contribution in [-0.2, 0) is 18.4 Å². The fraction of sp³-hybridized carbons (Fsp3) is 0.522. The van der Waals surface area contributed by atoms with Gasteiger partial charge in [0.1, 0.15) is 5.82 Å². The van der Waals surface area contributed by atoms with Gasteiger partial charge in [-0.2, -0.15) is 4.98 Å². The van der Waals surface area contributed by atoms with E-state index in [1.807, 2.05) is 6.92 Å². The van der Waals surface area contributed by atoms with Gasteiger partial charge in [0.15, 0.2) is 5.69 Å². The van der Waals surface area contributed by atoms with Crippen molar-refractivity contribution in [3.05, 3.63) is 57.3 Å². The van der Waals surface area contributed by atoms with Crippen LogP contribution >= 0.6 is 0 Å². The summed E-state index contributed by atoms with van der Waals surface area (Å²) in [4.78, 5) is 31.1. The summed E-state index contributed by atoms with van der Waals surface area (Å²) in [6.07, 6.45) is 6.16. The fourth-order valence-electron chi connectivity index (χ4n) is 4.96. The molecule has 4 rings (SSSR count). The first kappa shape index (κ1) is 19.7. The summed E-state index contributed by atoms with van der Waals surface area (Å²) in [5.41, 5.74) is 1.77. The van der Waals surface area contributed by atoms with Crippen molar-refractivity contribution in [3.63, 3.8) is 0 Å². The van der Waals surface area contributed by atoms with E-state index in [0.717, 1.165) is 25.7 Å². The molecule has 6 heteroatoms. The Balaban J connectivity index is 1.85. The number of aromatic nitrogens is 2. The molecule has 1 saturated carbocycles. The van der Waals surface area contributed by atoms with Crippen LogP contribution in [0.2, 0.25) is 0 Å². The Morgan fingerprint density at radius 1 is 1.21 bits per heavy atom. The van der Waals surface area contributed by atoms with E-state index < -0.39 is 11.3 Å². The summed E-state index contributed by atoms with van der Waals surface area (Å²) in [7, 11) is 1.70. The number of aromatic hydroxyl groups is 1. The van der Waals surface area contributed by atoms with Crippen LogP contribution in [0, 0.1) is 6.92 Å². The number of carbonyl (C=O) groups excluding carboxylic acids is 1. The van der Waals surface area contributed by atoms with Gasteiger partial charge in [-0.3, -0.25) is 9.59 Å². The lowest BCUT2D eigenvalue weighted by Gasteiger charge is -2.40. The molecule has 0 unspecified atom stereocenters. The number of rotatable bonds is 3. The topological polar surface area (TPSA) is 75.4 Å². The molecule has 1 atom stereocenters. The molecule has 0 radical (unpaired) electrons. The zero-order chi connectivity index (χ0) is 20.8. The van der Waals surface area contributed by atoms with Crippen LogP contribution in [0.5, 0.6) is 5.75 Å². The SMILES string of the molecule is Cc1cccc(C2(Cc3nc(=O)c(O)c4n3C[C@H](C)N(C)C4=O)CCCCC2)c1. The highest BCUT2D eigenvalue weighted by molar-refractivity contribution is 5.95. The van der Waals surface area contributed by atoms with Crippen molar-refractivity contribution in [2.75, 3.05) is 7.05 Å². The molecule has 1 aromatic carbocycles. The molecule has 6 nitrogen and oxygen atoms in total. The summed E-state index contributed by atoms with van der Waals surface area (Å²) in [5.74, 6) is -0.250. The van der Waals surface area contributed by atoms with Gasteiger partial charge >= 0.3 is 5.56 Å². The van der Waals surface area contributed by atoms with E-state index in [1.165, 1.54) is 17.5 Å². The van der Waals surface area contributed by atoms with E-state index in [1.54, 1.807) is 16.5 Å². The number of benzene rings is 1. The van der Waals surface area contributed by atoms with Gasteiger partial charge in [-0.05, 0) is 32.3 Å². The van der Waals surface area contributed by atoms with E-state index in [0.29, 0.717) is 18.8 Å². The Morgan fingerprint density at radius 2 is 1.93 bits per heavy atom. The smallest absolute Gasteiger partial charge is 0.315 e. The lowest BCUT2D eigenvalue weighted by Crippen LogP contribution is -2.47. The van der Waals surface area contributed by atoms with E-state index >= 15 is 0 Å². The molecule has 1 fully saturated rings. The zero-order valence-corrected chi connectivity index (χ0v) is 17.4. The predicted octanol–water partition coefficient (Wildman–Crippen LogP) is 3.18. The van der Waals surface area contributed by atoms with Crippen molar-refractivity contribution in [1.82, 2.24) is 14.5 Å². The van der Waals surface area contributed by atoms with Crippen molar-refractivity contribution >= 4 is 5.91 Å². The quantitative estimate of drug-likeness (QED) is 0.866. The van der Waals surface area contributed by atoms with Crippen molar-refractivity contribution in [3.8, 4) is 5.75 Å². The fourth-order valence-corrected chi connectivity index (χ4v) is 4.96. The molecule has 1 aliphatic carbocycles. The molecule has 29 heavy (non-hydrogen) atoms. The van der Waals surface area contributed by atoms with Gasteiger partial charge in [0, 0.05) is 31.5 Å². The Morgan fingerprint density at radius 3 is 2.62 bits per heavy atom. The number of aryl methyl sites for hydroxylation is 1. The van der Waals surface area contributed by atoms with Gasteiger partial charge in [0.2, 0.25) is 5.75 Å². The molecule has 154 valence electrons. The van der Waals surface area contributed by atoms with E-state index in [4.69, 9.17) is 0 Å². The third-order valence-electron chi connectivity index (χ3n) is 6.81. The lowest BCUT2D eigenvalue weighted by atomic mass is 9.67. The third-order valence-corrected chi connectivity index (χ3v) is 6.81. The standard InChI is InChI=1S/C23H29N3O3/c1-15-8-7-9-17(12-15)23(10-5-4-6-11-23)13-18-24-21(28)20(27)19-22(29)25(3)16(2)14-26(18)19/h7-9,12,16,27H,4-6,10-11,13-14H2,1-3H3/t16-/m0/s1. The molecule has 2 aromatic rings. The maximum atomic E-state index is 12.8. The van der Waals surface area contributed by atoms with Gasteiger partial charge in [0.05, 0.1) is 0 Å². The maximum Gasteiger partial charge on any atom is 0.315 e. The molecule has 0 spiro atoms.